The van der Waals surface area contributed by atoms with E-state index in [1.165, 1.54) is 11.8 Å². The van der Waals surface area contributed by atoms with E-state index in [9.17, 15) is 9.59 Å². The Morgan fingerprint density at radius 3 is 2.56 bits per heavy atom. The summed E-state index contributed by atoms with van der Waals surface area (Å²) in [5.41, 5.74) is 4.47. The Morgan fingerprint density at radius 2 is 1.79 bits per heavy atom. The number of nitrogens with zero attached hydrogens (tertiary/aromatic N) is 2. The number of carbonyl (C=O) groups excluding carboxylic acids is 2. The molecule has 172 valence electrons. The number of hydrogen-bond donors (Lipinski definition) is 1. The summed E-state index contributed by atoms with van der Waals surface area (Å²) in [4.78, 5) is 31.5. The molecule has 2 aliphatic rings. The SMILES string of the molecule is Cc1cccc(/C=C2/Sc3ccc(C(=O)N4CCN(c5cccc(Cl)c5)CC4)cc3NC2=O)c1. The van der Waals surface area contributed by atoms with Crippen LogP contribution >= 0.6 is 23.4 Å². The molecule has 7 heteroatoms. The van der Waals surface area contributed by atoms with E-state index in [0.717, 1.165) is 34.8 Å². The van der Waals surface area contributed by atoms with Gasteiger partial charge in [0, 0.05) is 47.3 Å². The maximum atomic E-state index is 13.2. The van der Waals surface area contributed by atoms with Crippen molar-refractivity contribution >= 4 is 52.6 Å². The lowest BCUT2D eigenvalue weighted by Crippen LogP contribution is -2.48. The first-order valence-electron chi connectivity index (χ1n) is 11.2. The zero-order valence-electron chi connectivity index (χ0n) is 18.8. The van der Waals surface area contributed by atoms with Gasteiger partial charge in [0.2, 0.25) is 0 Å². The van der Waals surface area contributed by atoms with Crippen molar-refractivity contribution in [2.45, 2.75) is 11.8 Å². The fraction of sp³-hybridized carbons (Fsp3) is 0.185. The maximum Gasteiger partial charge on any atom is 0.262 e. The van der Waals surface area contributed by atoms with Gasteiger partial charge in [0.05, 0.1) is 10.6 Å². The van der Waals surface area contributed by atoms with E-state index in [-0.39, 0.29) is 11.8 Å². The van der Waals surface area contributed by atoms with Crippen LogP contribution < -0.4 is 10.2 Å². The molecule has 1 saturated heterocycles. The second-order valence-corrected chi connectivity index (χ2v) is 9.97. The zero-order valence-corrected chi connectivity index (χ0v) is 20.3. The van der Waals surface area contributed by atoms with Gasteiger partial charge in [-0.2, -0.15) is 0 Å². The van der Waals surface area contributed by atoms with Crippen molar-refractivity contribution in [3.63, 3.8) is 0 Å². The number of piperazine rings is 1. The summed E-state index contributed by atoms with van der Waals surface area (Å²) >= 11 is 7.55. The van der Waals surface area contributed by atoms with Crippen molar-refractivity contribution in [2.75, 3.05) is 36.4 Å². The Hall–Kier alpha value is -3.22. The molecule has 2 aliphatic heterocycles. The molecule has 0 atom stereocenters. The van der Waals surface area contributed by atoms with Crippen LogP contribution in [0, 0.1) is 6.92 Å². The minimum Gasteiger partial charge on any atom is -0.368 e. The van der Waals surface area contributed by atoms with Gasteiger partial charge in [0.25, 0.3) is 11.8 Å². The predicted molar refractivity (Wildman–Crippen MR) is 140 cm³/mol. The molecule has 0 aromatic heterocycles. The highest BCUT2D eigenvalue weighted by Crippen LogP contribution is 2.39. The number of fused-ring (bicyclic) bond motifs is 1. The van der Waals surface area contributed by atoms with Crippen LogP contribution in [0.2, 0.25) is 5.02 Å². The molecule has 2 amide bonds. The molecule has 0 unspecified atom stereocenters. The normalized spacial score (nSPS) is 16.9. The van der Waals surface area contributed by atoms with Crippen molar-refractivity contribution in [1.82, 2.24) is 4.90 Å². The molecule has 2 heterocycles. The molecular weight excluding hydrogens is 466 g/mol. The van der Waals surface area contributed by atoms with Gasteiger partial charge in [0.1, 0.15) is 0 Å². The summed E-state index contributed by atoms with van der Waals surface area (Å²) in [6, 6.07) is 21.4. The topological polar surface area (TPSA) is 52.7 Å². The van der Waals surface area contributed by atoms with E-state index in [0.29, 0.717) is 34.3 Å². The average Bonchev–Trinajstić information content (AvgIpc) is 2.84. The Labute approximate surface area is 208 Å². The summed E-state index contributed by atoms with van der Waals surface area (Å²) in [6.07, 6.45) is 1.90. The second-order valence-electron chi connectivity index (χ2n) is 8.45. The highest BCUT2D eigenvalue weighted by Gasteiger charge is 2.26. The lowest BCUT2D eigenvalue weighted by Gasteiger charge is -2.36. The van der Waals surface area contributed by atoms with E-state index < -0.39 is 0 Å². The van der Waals surface area contributed by atoms with Crippen molar-refractivity contribution in [3.8, 4) is 0 Å². The van der Waals surface area contributed by atoms with Crippen molar-refractivity contribution in [2.24, 2.45) is 0 Å². The number of anilines is 2. The number of thioether (sulfide) groups is 1. The van der Waals surface area contributed by atoms with Crippen molar-refractivity contribution in [3.05, 3.63) is 93.3 Å². The minimum absolute atomic E-state index is 0.0195. The molecule has 3 aromatic carbocycles. The first-order valence-corrected chi connectivity index (χ1v) is 12.4. The smallest absolute Gasteiger partial charge is 0.262 e. The third-order valence-corrected chi connectivity index (χ3v) is 7.33. The van der Waals surface area contributed by atoms with Crippen molar-refractivity contribution in [1.29, 1.82) is 0 Å². The number of aryl methyl sites for hydroxylation is 1. The van der Waals surface area contributed by atoms with Crippen LogP contribution in [0.4, 0.5) is 11.4 Å². The van der Waals surface area contributed by atoms with Gasteiger partial charge < -0.3 is 15.1 Å². The Kier molecular flexibility index (Phi) is 6.35. The van der Waals surface area contributed by atoms with Crippen LogP contribution in [-0.2, 0) is 4.79 Å². The molecule has 5 rings (SSSR count). The molecule has 0 spiro atoms. The number of hydrogen-bond acceptors (Lipinski definition) is 4. The summed E-state index contributed by atoms with van der Waals surface area (Å²) in [7, 11) is 0. The number of rotatable bonds is 3. The molecule has 0 bridgehead atoms. The fourth-order valence-corrected chi connectivity index (χ4v) is 5.34. The first-order chi connectivity index (χ1) is 16.5. The molecule has 0 aliphatic carbocycles. The zero-order chi connectivity index (χ0) is 23.7. The number of benzene rings is 3. The summed E-state index contributed by atoms with van der Waals surface area (Å²) in [5, 5.41) is 3.67. The summed E-state index contributed by atoms with van der Waals surface area (Å²) < 4.78 is 0. The monoisotopic (exact) mass is 489 g/mol. The van der Waals surface area contributed by atoms with Crippen LogP contribution in [0.25, 0.3) is 6.08 Å². The van der Waals surface area contributed by atoms with Gasteiger partial charge in [-0.3, -0.25) is 9.59 Å². The van der Waals surface area contributed by atoms with Crippen LogP contribution in [0.3, 0.4) is 0 Å². The van der Waals surface area contributed by atoms with E-state index in [4.69, 9.17) is 11.6 Å². The number of amides is 2. The number of carbonyl (C=O) groups is 2. The molecule has 5 nitrogen and oxygen atoms in total. The van der Waals surface area contributed by atoms with Gasteiger partial charge in [-0.25, -0.2) is 0 Å². The molecule has 0 saturated carbocycles. The van der Waals surface area contributed by atoms with E-state index >= 15 is 0 Å². The quantitative estimate of drug-likeness (QED) is 0.480. The molecule has 0 radical (unpaired) electrons. The lowest BCUT2D eigenvalue weighted by atomic mass is 10.1. The van der Waals surface area contributed by atoms with E-state index in [1.807, 2.05) is 78.6 Å². The highest BCUT2D eigenvalue weighted by atomic mass is 35.5. The molecule has 3 aromatic rings. The first kappa shape index (κ1) is 22.6. The van der Waals surface area contributed by atoms with E-state index in [1.54, 1.807) is 6.07 Å². The Bertz CT molecular complexity index is 1300. The largest absolute Gasteiger partial charge is 0.368 e. The maximum absolute atomic E-state index is 13.2. The molecular formula is C27H24ClN3O2S. The van der Waals surface area contributed by atoms with E-state index in [2.05, 4.69) is 10.2 Å². The third-order valence-electron chi connectivity index (χ3n) is 6.00. The lowest BCUT2D eigenvalue weighted by molar-refractivity contribution is -0.112. The third kappa shape index (κ3) is 4.83. The molecule has 1 N–H and O–H groups in total. The van der Waals surface area contributed by atoms with Crippen LogP contribution in [0.5, 0.6) is 0 Å². The van der Waals surface area contributed by atoms with Crippen LogP contribution in [0.1, 0.15) is 21.5 Å². The van der Waals surface area contributed by atoms with Gasteiger partial charge in [-0.05, 0) is 55.0 Å². The van der Waals surface area contributed by atoms with Gasteiger partial charge >= 0.3 is 0 Å². The van der Waals surface area contributed by atoms with Gasteiger partial charge in [-0.1, -0.05) is 59.3 Å². The summed E-state index contributed by atoms with van der Waals surface area (Å²) in [5.74, 6) is -0.173. The Morgan fingerprint density at radius 1 is 1.00 bits per heavy atom. The Balaban J connectivity index is 1.27. The average molecular weight is 490 g/mol. The highest BCUT2D eigenvalue weighted by molar-refractivity contribution is 8.04. The summed E-state index contributed by atoms with van der Waals surface area (Å²) in [6.45, 7) is 4.79. The predicted octanol–water partition coefficient (Wildman–Crippen LogP) is 5.70. The van der Waals surface area contributed by atoms with Crippen LogP contribution in [0.15, 0.2) is 76.5 Å². The fourth-order valence-electron chi connectivity index (χ4n) is 4.23. The number of halogens is 1. The second kappa shape index (κ2) is 9.57. The van der Waals surface area contributed by atoms with Gasteiger partial charge in [-0.15, -0.1) is 0 Å². The minimum atomic E-state index is -0.154. The number of nitrogens with one attached hydrogen (secondary N) is 1. The van der Waals surface area contributed by atoms with Crippen molar-refractivity contribution < 1.29 is 9.59 Å². The molecule has 1 fully saturated rings. The standard InChI is InChI=1S/C27H24ClN3O2S/c1-18-4-2-5-19(14-18)15-25-26(32)29-23-16-20(8-9-24(23)34-25)27(33)31-12-10-30(11-13-31)22-7-3-6-21(28)17-22/h2-9,14-17H,10-13H2,1H3,(H,29,32)/b25-15+. The van der Waals surface area contributed by atoms with Crippen LogP contribution in [-0.4, -0.2) is 42.9 Å². The van der Waals surface area contributed by atoms with Gasteiger partial charge in [0.15, 0.2) is 0 Å². The molecule has 34 heavy (non-hydrogen) atoms.